The molecule has 7 heteroatoms. The number of aromatic amines is 1. The van der Waals surface area contributed by atoms with Crippen LogP contribution in [0, 0.1) is 0 Å². The minimum Gasteiger partial charge on any atom is -0.324 e. The molecule has 0 fully saturated rings. The first-order valence-corrected chi connectivity index (χ1v) is 9.44. The number of hydrogen-bond donors (Lipinski definition) is 2. The van der Waals surface area contributed by atoms with Crippen LogP contribution in [-0.4, -0.2) is 25.8 Å². The van der Waals surface area contributed by atoms with E-state index in [1.807, 2.05) is 27.7 Å². The highest BCUT2D eigenvalue weighted by Gasteiger charge is 2.20. The summed E-state index contributed by atoms with van der Waals surface area (Å²) in [7, 11) is 0. The minimum absolute atomic E-state index is 0.0775. The van der Waals surface area contributed by atoms with E-state index in [2.05, 4.69) is 25.3 Å². The van der Waals surface area contributed by atoms with Crippen LogP contribution in [0.25, 0.3) is 22.0 Å². The molecule has 7 nitrogen and oxygen atoms in total. The van der Waals surface area contributed by atoms with Crippen LogP contribution < -0.4 is 10.9 Å². The smallest absolute Gasteiger partial charge is 0.259 e. The van der Waals surface area contributed by atoms with Crippen molar-refractivity contribution in [3.63, 3.8) is 0 Å². The largest absolute Gasteiger partial charge is 0.324 e. The van der Waals surface area contributed by atoms with Crippen LogP contribution in [-0.2, 0) is 10.2 Å². The van der Waals surface area contributed by atoms with Gasteiger partial charge in [-0.25, -0.2) is 4.98 Å². The van der Waals surface area contributed by atoms with Crippen molar-refractivity contribution < 1.29 is 4.79 Å². The lowest BCUT2D eigenvalue weighted by Crippen LogP contribution is -2.22. The molecule has 0 radical (unpaired) electrons. The average molecular weight is 379 g/mol. The predicted molar refractivity (Wildman–Crippen MR) is 110 cm³/mol. The van der Waals surface area contributed by atoms with Gasteiger partial charge in [-0.05, 0) is 12.5 Å². The summed E-state index contributed by atoms with van der Waals surface area (Å²) >= 11 is 0. The van der Waals surface area contributed by atoms with Gasteiger partial charge in [0, 0.05) is 35.4 Å². The molecule has 2 N–H and O–H groups in total. The number of nitrogens with zero attached hydrogens (tertiary/aromatic N) is 3. The second kappa shape index (κ2) is 7.88. The van der Waals surface area contributed by atoms with E-state index in [9.17, 15) is 9.59 Å². The zero-order chi connectivity index (χ0) is 20.3. The first-order chi connectivity index (χ1) is 13.3. The van der Waals surface area contributed by atoms with E-state index in [0.29, 0.717) is 40.0 Å². The third-order valence-corrected chi connectivity index (χ3v) is 4.47. The summed E-state index contributed by atoms with van der Waals surface area (Å²) in [5.74, 6) is 0.526. The van der Waals surface area contributed by atoms with Crippen molar-refractivity contribution in [1.82, 2.24) is 19.9 Å². The number of anilines is 1. The molecule has 3 aromatic heterocycles. The minimum atomic E-state index is -0.293. The summed E-state index contributed by atoms with van der Waals surface area (Å²) in [6.07, 6.45) is 8.62. The number of unbranched alkanes of at least 4 members (excludes halogenated alkanes) is 1. The van der Waals surface area contributed by atoms with Crippen LogP contribution in [0.5, 0.6) is 0 Å². The van der Waals surface area contributed by atoms with E-state index in [4.69, 9.17) is 0 Å². The van der Waals surface area contributed by atoms with Crippen molar-refractivity contribution >= 4 is 22.5 Å². The Morgan fingerprint density at radius 1 is 1.14 bits per heavy atom. The number of aromatic nitrogens is 4. The second-order valence-electron chi connectivity index (χ2n) is 7.82. The molecule has 0 spiro atoms. The number of nitrogens with one attached hydrogen (secondary N) is 2. The van der Waals surface area contributed by atoms with Crippen molar-refractivity contribution in [3.05, 3.63) is 47.0 Å². The molecule has 28 heavy (non-hydrogen) atoms. The molecule has 3 heterocycles. The second-order valence-corrected chi connectivity index (χ2v) is 7.82. The Kier molecular flexibility index (Phi) is 5.53. The quantitative estimate of drug-likeness (QED) is 0.702. The van der Waals surface area contributed by atoms with E-state index in [0.717, 1.165) is 12.8 Å². The Hall–Kier alpha value is -3.09. The maximum atomic E-state index is 12.9. The van der Waals surface area contributed by atoms with Gasteiger partial charge in [-0.15, -0.1) is 0 Å². The highest BCUT2D eigenvalue weighted by atomic mass is 16.1. The Labute approximate surface area is 163 Å². The van der Waals surface area contributed by atoms with Gasteiger partial charge in [0.05, 0.1) is 29.0 Å². The first kappa shape index (κ1) is 19.7. The third kappa shape index (κ3) is 4.08. The Morgan fingerprint density at radius 3 is 2.64 bits per heavy atom. The summed E-state index contributed by atoms with van der Waals surface area (Å²) < 4.78 is 0. The third-order valence-electron chi connectivity index (χ3n) is 4.47. The number of fused-ring (bicyclic) bond motifs is 1. The number of H-pyrrole nitrogens is 1. The monoisotopic (exact) mass is 379 g/mol. The van der Waals surface area contributed by atoms with E-state index in [1.54, 1.807) is 30.9 Å². The van der Waals surface area contributed by atoms with Crippen LogP contribution >= 0.6 is 0 Å². The molecule has 1 amide bonds. The fraction of sp³-hybridized carbons (Fsp3) is 0.381. The van der Waals surface area contributed by atoms with Crippen LogP contribution in [0.2, 0.25) is 0 Å². The van der Waals surface area contributed by atoms with Crippen molar-refractivity contribution in [2.75, 3.05) is 5.32 Å². The SMILES string of the molecule is CCCCC(=O)Nc1cnccc1-c1cncc2nc(C(C)(C)C)[nH]c(=O)c12. The van der Waals surface area contributed by atoms with Gasteiger partial charge in [-0.3, -0.25) is 19.6 Å². The van der Waals surface area contributed by atoms with Crippen molar-refractivity contribution in [1.29, 1.82) is 0 Å². The van der Waals surface area contributed by atoms with Gasteiger partial charge >= 0.3 is 0 Å². The Bertz CT molecular complexity index is 1070. The van der Waals surface area contributed by atoms with E-state index >= 15 is 0 Å². The maximum absolute atomic E-state index is 12.9. The van der Waals surface area contributed by atoms with E-state index < -0.39 is 0 Å². The van der Waals surface area contributed by atoms with Crippen molar-refractivity contribution in [3.8, 4) is 11.1 Å². The molecule has 0 bridgehead atoms. The number of hydrogen-bond acceptors (Lipinski definition) is 5. The molecular formula is C21H25N5O2. The normalized spacial score (nSPS) is 11.6. The lowest BCUT2D eigenvalue weighted by molar-refractivity contribution is -0.116. The topological polar surface area (TPSA) is 101 Å². The lowest BCUT2D eigenvalue weighted by Gasteiger charge is -2.18. The van der Waals surface area contributed by atoms with Gasteiger partial charge < -0.3 is 10.3 Å². The molecule has 0 saturated heterocycles. The molecule has 0 aliphatic heterocycles. The molecule has 3 aromatic rings. The summed E-state index contributed by atoms with van der Waals surface area (Å²) in [6, 6.07) is 1.77. The molecule has 0 aliphatic rings. The molecule has 3 rings (SSSR count). The zero-order valence-corrected chi connectivity index (χ0v) is 16.7. The van der Waals surface area contributed by atoms with E-state index in [1.165, 1.54) is 0 Å². The zero-order valence-electron chi connectivity index (χ0n) is 16.7. The number of pyridine rings is 2. The van der Waals surface area contributed by atoms with Gasteiger partial charge in [0.15, 0.2) is 0 Å². The Balaban J connectivity index is 2.13. The van der Waals surface area contributed by atoms with Crippen LogP contribution in [0.4, 0.5) is 5.69 Å². The van der Waals surface area contributed by atoms with Crippen LogP contribution in [0.3, 0.4) is 0 Å². The predicted octanol–water partition coefficient (Wildman–Crippen LogP) is 3.81. The van der Waals surface area contributed by atoms with Crippen molar-refractivity contribution in [2.24, 2.45) is 0 Å². The Morgan fingerprint density at radius 2 is 1.93 bits per heavy atom. The molecule has 0 atom stereocenters. The number of rotatable bonds is 5. The number of carbonyl (C=O) groups excluding carboxylic acids is 1. The molecule has 146 valence electrons. The molecule has 0 aromatic carbocycles. The van der Waals surface area contributed by atoms with Crippen molar-refractivity contribution in [2.45, 2.75) is 52.4 Å². The average Bonchev–Trinajstić information content (AvgIpc) is 2.65. The van der Waals surface area contributed by atoms with Gasteiger partial charge in [-0.2, -0.15) is 0 Å². The van der Waals surface area contributed by atoms with Gasteiger partial charge in [0.1, 0.15) is 5.82 Å². The van der Waals surface area contributed by atoms with Gasteiger partial charge in [0.25, 0.3) is 5.56 Å². The number of carbonyl (C=O) groups is 1. The van der Waals surface area contributed by atoms with E-state index in [-0.39, 0.29) is 16.9 Å². The molecule has 0 unspecified atom stereocenters. The molecule has 0 aliphatic carbocycles. The summed E-state index contributed by atoms with van der Waals surface area (Å²) in [4.78, 5) is 41.0. The maximum Gasteiger partial charge on any atom is 0.259 e. The standard InChI is InChI=1S/C21H25N5O2/c1-5-6-7-17(27)24-15-11-22-9-8-13(15)14-10-23-12-16-18(14)19(28)26-20(25-16)21(2,3)4/h8-12H,5-7H2,1-4H3,(H,24,27)(H,25,26,28). The van der Waals surface area contributed by atoms with Gasteiger partial charge in [0.2, 0.25) is 5.91 Å². The lowest BCUT2D eigenvalue weighted by atomic mass is 9.95. The first-order valence-electron chi connectivity index (χ1n) is 9.44. The fourth-order valence-electron chi connectivity index (χ4n) is 2.93. The van der Waals surface area contributed by atoms with Gasteiger partial charge in [-0.1, -0.05) is 34.1 Å². The van der Waals surface area contributed by atoms with Crippen LogP contribution in [0.1, 0.15) is 52.8 Å². The molecule has 0 saturated carbocycles. The molecular weight excluding hydrogens is 354 g/mol. The highest BCUT2D eigenvalue weighted by Crippen LogP contribution is 2.31. The summed E-state index contributed by atoms with van der Waals surface area (Å²) in [6.45, 7) is 8.00. The highest BCUT2D eigenvalue weighted by molar-refractivity contribution is 6.00. The summed E-state index contributed by atoms with van der Waals surface area (Å²) in [5.41, 5.74) is 1.85. The summed E-state index contributed by atoms with van der Waals surface area (Å²) in [5, 5.41) is 3.34. The fourth-order valence-corrected chi connectivity index (χ4v) is 2.93. The van der Waals surface area contributed by atoms with Crippen LogP contribution in [0.15, 0.2) is 35.6 Å². The number of amides is 1.